The molecule has 2 rings (SSSR count). The summed E-state index contributed by atoms with van der Waals surface area (Å²) in [5.41, 5.74) is 2.17. The summed E-state index contributed by atoms with van der Waals surface area (Å²) >= 11 is 0. The number of aryl methyl sites for hydroxylation is 2. The Morgan fingerprint density at radius 2 is 1.43 bits per heavy atom. The Morgan fingerprint density at radius 1 is 0.800 bits per heavy atom. The molecule has 9 heteroatoms. The van der Waals surface area contributed by atoms with Crippen LogP contribution in [0.2, 0.25) is 0 Å². The number of rotatable bonds is 16. The number of hydrogen-bond acceptors (Lipinski definition) is 3. The quantitative estimate of drug-likeness (QED) is 0.229. The highest BCUT2D eigenvalue weighted by Crippen LogP contribution is 2.16. The van der Waals surface area contributed by atoms with Crippen molar-refractivity contribution in [3.63, 3.8) is 0 Å². The van der Waals surface area contributed by atoms with Crippen molar-refractivity contribution in [3.05, 3.63) is 70.3 Å². The van der Waals surface area contributed by atoms with E-state index in [1.54, 1.807) is 23.1 Å². The van der Waals surface area contributed by atoms with Gasteiger partial charge in [0.1, 0.15) is 11.6 Å². The molecule has 0 spiro atoms. The number of carbonyl (C=O) groups is 3. The second-order valence-electron chi connectivity index (χ2n) is 10.2. The van der Waals surface area contributed by atoms with Gasteiger partial charge >= 0.3 is 6.03 Å². The topological polar surface area (TPSA) is 90.5 Å². The summed E-state index contributed by atoms with van der Waals surface area (Å²) in [7, 11) is 0. The number of nitrogens with zero attached hydrogens (tertiary/aromatic N) is 1. The van der Waals surface area contributed by atoms with Crippen LogP contribution in [0.1, 0.15) is 91.1 Å². The number of urea groups is 1. The Hall–Kier alpha value is -3.49. The predicted octanol–water partition coefficient (Wildman–Crippen LogP) is 5.76. The van der Waals surface area contributed by atoms with Gasteiger partial charge in [-0.25, -0.2) is 13.6 Å². The molecule has 0 unspecified atom stereocenters. The van der Waals surface area contributed by atoms with Crippen molar-refractivity contribution in [3.8, 4) is 0 Å². The SMILES string of the molecule is CCCNC(=O)NCCC[C@H](CCc1cc(F)cc(F)c1)NC(=O)c1cc(C)cc(C(=O)N(CCC)CCC)c1. The number of hydrogen-bond donors (Lipinski definition) is 3. The second kappa shape index (κ2) is 17.3. The van der Waals surface area contributed by atoms with Gasteiger partial charge in [-0.1, -0.05) is 20.8 Å². The van der Waals surface area contributed by atoms with Gasteiger partial charge in [0, 0.05) is 49.4 Å². The van der Waals surface area contributed by atoms with Gasteiger partial charge in [0.05, 0.1) is 0 Å². The fourth-order valence-corrected chi connectivity index (χ4v) is 4.58. The third kappa shape index (κ3) is 11.3. The zero-order valence-electron chi connectivity index (χ0n) is 24.2. The molecule has 0 aliphatic rings. The summed E-state index contributed by atoms with van der Waals surface area (Å²) < 4.78 is 27.4. The smallest absolute Gasteiger partial charge is 0.314 e. The van der Waals surface area contributed by atoms with Gasteiger partial charge in [-0.2, -0.15) is 0 Å². The number of benzene rings is 2. The van der Waals surface area contributed by atoms with Crippen LogP contribution < -0.4 is 16.0 Å². The lowest BCUT2D eigenvalue weighted by atomic mass is 10.00. The van der Waals surface area contributed by atoms with Gasteiger partial charge < -0.3 is 20.9 Å². The van der Waals surface area contributed by atoms with Gasteiger partial charge in [0.2, 0.25) is 0 Å². The maximum absolute atomic E-state index is 13.7. The molecule has 0 bridgehead atoms. The zero-order chi connectivity index (χ0) is 29.5. The fourth-order valence-electron chi connectivity index (χ4n) is 4.58. The van der Waals surface area contributed by atoms with Crippen LogP contribution in [0.25, 0.3) is 0 Å². The lowest BCUT2D eigenvalue weighted by molar-refractivity contribution is 0.0755. The lowest BCUT2D eigenvalue weighted by Crippen LogP contribution is -2.38. The molecular formula is C31H44F2N4O3. The van der Waals surface area contributed by atoms with E-state index in [0.29, 0.717) is 68.6 Å². The van der Waals surface area contributed by atoms with Crippen molar-refractivity contribution in [1.82, 2.24) is 20.9 Å². The van der Waals surface area contributed by atoms with E-state index in [-0.39, 0.29) is 23.9 Å². The van der Waals surface area contributed by atoms with E-state index in [1.165, 1.54) is 12.1 Å². The molecule has 0 saturated heterocycles. The van der Waals surface area contributed by atoms with Crippen molar-refractivity contribution < 1.29 is 23.2 Å². The molecule has 0 aromatic heterocycles. The van der Waals surface area contributed by atoms with Crippen LogP contribution in [-0.2, 0) is 6.42 Å². The van der Waals surface area contributed by atoms with Gasteiger partial charge in [-0.15, -0.1) is 0 Å². The standard InChI is InChI=1S/C31H44F2N4O3/c1-5-12-34-31(40)35-13-8-9-28(11-10-23-18-26(32)21-27(33)19-23)36-29(38)24-16-22(4)17-25(20-24)30(39)37(14-6-2)15-7-3/h16-21,28H,5-15H2,1-4H3,(H,36,38)(H2,34,35,40)/t28-/m1/s1. The van der Waals surface area contributed by atoms with Crippen molar-refractivity contribution in [2.45, 2.75) is 78.7 Å². The van der Waals surface area contributed by atoms with E-state index in [9.17, 15) is 23.2 Å². The highest BCUT2D eigenvalue weighted by Gasteiger charge is 2.19. The molecule has 3 N–H and O–H groups in total. The average Bonchev–Trinajstić information content (AvgIpc) is 2.91. The highest BCUT2D eigenvalue weighted by molar-refractivity contribution is 6.00. The molecule has 0 aliphatic carbocycles. The van der Waals surface area contributed by atoms with Crippen LogP contribution in [0, 0.1) is 18.6 Å². The third-order valence-electron chi connectivity index (χ3n) is 6.45. The van der Waals surface area contributed by atoms with Crippen LogP contribution >= 0.6 is 0 Å². The Labute approximate surface area is 237 Å². The zero-order valence-corrected chi connectivity index (χ0v) is 24.2. The van der Waals surface area contributed by atoms with Crippen molar-refractivity contribution in [1.29, 1.82) is 0 Å². The summed E-state index contributed by atoms with van der Waals surface area (Å²) in [6.45, 7) is 10.2. The lowest BCUT2D eigenvalue weighted by Gasteiger charge is -2.22. The summed E-state index contributed by atoms with van der Waals surface area (Å²) in [6, 6.07) is 8.03. The van der Waals surface area contributed by atoms with E-state index in [0.717, 1.165) is 30.9 Å². The first kappa shape index (κ1) is 32.7. The molecule has 2 aromatic carbocycles. The molecule has 220 valence electrons. The fraction of sp³-hybridized carbons (Fsp3) is 0.516. The minimum absolute atomic E-state index is 0.0986. The van der Waals surface area contributed by atoms with E-state index in [2.05, 4.69) is 16.0 Å². The largest absolute Gasteiger partial charge is 0.349 e. The summed E-state index contributed by atoms with van der Waals surface area (Å²) in [5, 5.41) is 8.60. The van der Waals surface area contributed by atoms with Crippen molar-refractivity contribution >= 4 is 17.8 Å². The number of halogens is 2. The summed E-state index contributed by atoms with van der Waals surface area (Å²) in [4.78, 5) is 40.2. The van der Waals surface area contributed by atoms with Crippen LogP contribution in [-0.4, -0.2) is 55.0 Å². The first-order valence-electron chi connectivity index (χ1n) is 14.3. The van der Waals surface area contributed by atoms with Crippen molar-refractivity contribution in [2.75, 3.05) is 26.2 Å². The predicted molar refractivity (Wildman–Crippen MR) is 155 cm³/mol. The molecule has 0 aliphatic heterocycles. The number of nitrogens with one attached hydrogen (secondary N) is 3. The molecule has 40 heavy (non-hydrogen) atoms. The number of carbonyl (C=O) groups excluding carboxylic acids is 3. The van der Waals surface area contributed by atoms with Gasteiger partial charge in [0.15, 0.2) is 0 Å². The van der Waals surface area contributed by atoms with Gasteiger partial charge in [-0.05, 0) is 93.3 Å². The van der Waals surface area contributed by atoms with Gasteiger partial charge in [0.25, 0.3) is 11.8 Å². The molecular weight excluding hydrogens is 514 g/mol. The molecule has 0 saturated carbocycles. The second-order valence-corrected chi connectivity index (χ2v) is 10.2. The molecule has 0 heterocycles. The maximum atomic E-state index is 13.7. The van der Waals surface area contributed by atoms with Crippen molar-refractivity contribution in [2.24, 2.45) is 0 Å². The molecule has 4 amide bonds. The van der Waals surface area contributed by atoms with Crippen LogP contribution in [0.5, 0.6) is 0 Å². The van der Waals surface area contributed by atoms with E-state index >= 15 is 0 Å². The first-order chi connectivity index (χ1) is 19.2. The Morgan fingerprint density at radius 3 is 2.05 bits per heavy atom. The molecule has 2 aromatic rings. The van der Waals surface area contributed by atoms with Crippen LogP contribution in [0.4, 0.5) is 13.6 Å². The monoisotopic (exact) mass is 558 g/mol. The van der Waals surface area contributed by atoms with Crippen LogP contribution in [0.15, 0.2) is 36.4 Å². The Kier molecular flexibility index (Phi) is 14.1. The summed E-state index contributed by atoms with van der Waals surface area (Å²) in [6.07, 6.45) is 4.50. The Balaban J connectivity index is 2.14. The molecule has 1 atom stereocenters. The number of amides is 4. The van der Waals surface area contributed by atoms with Crippen LogP contribution in [0.3, 0.4) is 0 Å². The third-order valence-corrected chi connectivity index (χ3v) is 6.45. The van der Waals surface area contributed by atoms with Gasteiger partial charge in [-0.3, -0.25) is 9.59 Å². The molecule has 7 nitrogen and oxygen atoms in total. The molecule has 0 radical (unpaired) electrons. The van der Waals surface area contributed by atoms with E-state index < -0.39 is 11.6 Å². The van der Waals surface area contributed by atoms with E-state index in [4.69, 9.17) is 0 Å². The minimum atomic E-state index is -0.643. The normalized spacial score (nSPS) is 11.6. The average molecular weight is 559 g/mol. The highest BCUT2D eigenvalue weighted by atomic mass is 19.1. The maximum Gasteiger partial charge on any atom is 0.314 e. The summed E-state index contributed by atoms with van der Waals surface area (Å²) in [5.74, 6) is -1.71. The minimum Gasteiger partial charge on any atom is -0.349 e. The first-order valence-corrected chi connectivity index (χ1v) is 14.3. The molecule has 0 fully saturated rings. The Bertz CT molecular complexity index is 1100. The van der Waals surface area contributed by atoms with E-state index in [1.807, 2.05) is 27.7 Å².